The second-order valence-electron chi connectivity index (χ2n) is 8.99. The summed E-state index contributed by atoms with van der Waals surface area (Å²) < 4.78 is 0. The molecule has 0 N–H and O–H groups in total. The number of ketones is 1. The molecule has 0 spiro atoms. The van der Waals surface area contributed by atoms with Crippen LogP contribution in [0.4, 0.5) is 0 Å². The van der Waals surface area contributed by atoms with Gasteiger partial charge in [0.1, 0.15) is 5.78 Å². The molecule has 0 amide bonds. The number of rotatable bonds is 3. The molecule has 126 valence electrons. The van der Waals surface area contributed by atoms with E-state index in [1.54, 1.807) is 0 Å². The molecule has 1 nitrogen and oxygen atoms in total. The molecule has 3 rings (SSSR count). The van der Waals surface area contributed by atoms with Gasteiger partial charge in [-0.25, -0.2) is 0 Å². The lowest BCUT2D eigenvalue weighted by molar-refractivity contribution is -0.129. The summed E-state index contributed by atoms with van der Waals surface area (Å²) in [5.41, 5.74) is 0. The Bertz CT molecular complexity index is 350. The fourth-order valence-electron chi connectivity index (χ4n) is 5.51. The van der Waals surface area contributed by atoms with Crippen molar-refractivity contribution in [2.75, 3.05) is 0 Å². The van der Waals surface area contributed by atoms with Gasteiger partial charge in [-0.05, 0) is 75.0 Å². The van der Waals surface area contributed by atoms with E-state index in [4.69, 9.17) is 0 Å². The van der Waals surface area contributed by atoms with Gasteiger partial charge < -0.3 is 0 Å². The molecule has 0 aliphatic heterocycles. The van der Waals surface area contributed by atoms with Crippen LogP contribution in [-0.4, -0.2) is 5.78 Å². The van der Waals surface area contributed by atoms with Crippen LogP contribution in [0.2, 0.25) is 0 Å². The van der Waals surface area contributed by atoms with Crippen molar-refractivity contribution >= 4 is 5.78 Å². The van der Waals surface area contributed by atoms with Crippen LogP contribution >= 0.6 is 0 Å². The molecule has 1 heteroatoms. The fraction of sp³-hybridized carbons (Fsp3) is 0.952. The van der Waals surface area contributed by atoms with Crippen LogP contribution in [0, 0.1) is 35.5 Å². The predicted molar refractivity (Wildman–Crippen MR) is 92.7 cm³/mol. The molecule has 0 aromatic rings. The third-order valence-electron chi connectivity index (χ3n) is 7.32. The quantitative estimate of drug-likeness (QED) is 0.623. The lowest BCUT2D eigenvalue weighted by atomic mass is 9.67. The van der Waals surface area contributed by atoms with Crippen molar-refractivity contribution in [2.24, 2.45) is 35.5 Å². The molecule has 3 aliphatic carbocycles. The molecule has 0 heterocycles. The highest BCUT2D eigenvalue weighted by molar-refractivity contribution is 5.83. The average molecular weight is 305 g/mol. The monoisotopic (exact) mass is 304 g/mol. The largest absolute Gasteiger partial charge is 0.299 e. The Hall–Kier alpha value is -0.330. The number of hydrogen-bond acceptors (Lipinski definition) is 1. The Morgan fingerprint density at radius 2 is 0.864 bits per heavy atom. The third-order valence-corrected chi connectivity index (χ3v) is 7.32. The van der Waals surface area contributed by atoms with Crippen molar-refractivity contribution in [2.45, 2.75) is 90.9 Å². The van der Waals surface area contributed by atoms with E-state index in [9.17, 15) is 4.79 Å². The van der Waals surface area contributed by atoms with Gasteiger partial charge in [-0.3, -0.25) is 4.79 Å². The smallest absolute Gasteiger partial charge is 0.139 e. The number of carbonyl (C=O) groups is 1. The first-order valence-corrected chi connectivity index (χ1v) is 10.2. The first kappa shape index (κ1) is 16.5. The summed E-state index contributed by atoms with van der Waals surface area (Å²) in [6.07, 6.45) is 15.9. The normalized spacial score (nSPS) is 43.7. The standard InChI is InChI=1S/C21H36O/c1-15-3-7-17(8-4-15)18-11-13-20(14-12-18)21(22)19-9-5-16(2)6-10-19/h15-20H,3-14H2,1-2H3. The number of hydrogen-bond donors (Lipinski definition) is 0. The summed E-state index contributed by atoms with van der Waals surface area (Å²) in [6.45, 7) is 4.76. The minimum atomic E-state index is 0.424. The SMILES string of the molecule is CC1CCC(C(=O)C2CCC(C3CCC(C)CC3)CC2)CC1. The van der Waals surface area contributed by atoms with Gasteiger partial charge in [0.05, 0.1) is 0 Å². The summed E-state index contributed by atoms with van der Waals surface area (Å²) in [5, 5.41) is 0. The van der Waals surface area contributed by atoms with E-state index < -0.39 is 0 Å². The molecule has 0 aromatic carbocycles. The Labute approximate surface area is 137 Å². The van der Waals surface area contributed by atoms with E-state index >= 15 is 0 Å². The first-order valence-electron chi connectivity index (χ1n) is 10.2. The third kappa shape index (κ3) is 3.95. The van der Waals surface area contributed by atoms with Crippen LogP contribution in [0.15, 0.2) is 0 Å². The van der Waals surface area contributed by atoms with Crippen molar-refractivity contribution in [3.05, 3.63) is 0 Å². The Balaban J connectivity index is 1.44. The molecule has 3 aliphatic rings. The molecular weight excluding hydrogens is 268 g/mol. The van der Waals surface area contributed by atoms with Crippen LogP contribution < -0.4 is 0 Å². The van der Waals surface area contributed by atoms with Crippen molar-refractivity contribution < 1.29 is 4.79 Å². The summed E-state index contributed by atoms with van der Waals surface area (Å²) in [6, 6.07) is 0. The van der Waals surface area contributed by atoms with E-state index in [1.165, 1.54) is 77.0 Å². The van der Waals surface area contributed by atoms with Gasteiger partial charge >= 0.3 is 0 Å². The zero-order chi connectivity index (χ0) is 15.5. The molecule has 0 aromatic heterocycles. The highest BCUT2D eigenvalue weighted by atomic mass is 16.1. The lowest BCUT2D eigenvalue weighted by Gasteiger charge is -2.38. The average Bonchev–Trinajstić information content (AvgIpc) is 2.56. The van der Waals surface area contributed by atoms with E-state index in [0.717, 1.165) is 23.7 Å². The highest BCUT2D eigenvalue weighted by Gasteiger charge is 2.35. The van der Waals surface area contributed by atoms with Crippen LogP contribution in [0.25, 0.3) is 0 Å². The van der Waals surface area contributed by atoms with Gasteiger partial charge in [-0.15, -0.1) is 0 Å². The Morgan fingerprint density at radius 3 is 1.32 bits per heavy atom. The van der Waals surface area contributed by atoms with Gasteiger partial charge in [0.2, 0.25) is 0 Å². The Kier molecular flexibility index (Phi) is 5.63. The van der Waals surface area contributed by atoms with Crippen molar-refractivity contribution in [1.29, 1.82) is 0 Å². The summed E-state index contributed by atoms with van der Waals surface area (Å²) >= 11 is 0. The predicted octanol–water partition coefficient (Wildman–Crippen LogP) is 6.01. The van der Waals surface area contributed by atoms with Crippen LogP contribution in [0.1, 0.15) is 90.9 Å². The maximum Gasteiger partial charge on any atom is 0.139 e. The number of carbonyl (C=O) groups excluding carboxylic acids is 1. The van der Waals surface area contributed by atoms with Gasteiger partial charge in [-0.2, -0.15) is 0 Å². The molecule has 0 bridgehead atoms. The summed E-state index contributed by atoms with van der Waals surface area (Å²) in [4.78, 5) is 12.8. The maximum absolute atomic E-state index is 12.8. The second kappa shape index (κ2) is 7.49. The molecule has 3 saturated carbocycles. The van der Waals surface area contributed by atoms with Crippen LogP contribution in [0.5, 0.6) is 0 Å². The van der Waals surface area contributed by atoms with E-state index in [-0.39, 0.29) is 0 Å². The lowest BCUT2D eigenvalue weighted by Crippen LogP contribution is -2.32. The van der Waals surface area contributed by atoms with Crippen molar-refractivity contribution in [1.82, 2.24) is 0 Å². The van der Waals surface area contributed by atoms with Gasteiger partial charge in [0, 0.05) is 11.8 Å². The van der Waals surface area contributed by atoms with Crippen molar-refractivity contribution in [3.63, 3.8) is 0 Å². The molecular formula is C21H36O. The van der Waals surface area contributed by atoms with Crippen LogP contribution in [-0.2, 0) is 4.79 Å². The summed E-state index contributed by atoms with van der Waals surface area (Å²) in [7, 11) is 0. The molecule has 0 unspecified atom stereocenters. The van der Waals surface area contributed by atoms with Crippen molar-refractivity contribution in [3.8, 4) is 0 Å². The molecule has 0 saturated heterocycles. The van der Waals surface area contributed by atoms with E-state index in [2.05, 4.69) is 13.8 Å². The molecule has 22 heavy (non-hydrogen) atoms. The highest BCUT2D eigenvalue weighted by Crippen LogP contribution is 2.42. The van der Waals surface area contributed by atoms with Crippen LogP contribution in [0.3, 0.4) is 0 Å². The Morgan fingerprint density at radius 1 is 0.545 bits per heavy atom. The minimum absolute atomic E-state index is 0.424. The van der Waals surface area contributed by atoms with E-state index in [0.29, 0.717) is 17.6 Å². The maximum atomic E-state index is 12.8. The molecule has 0 radical (unpaired) electrons. The fourth-order valence-corrected chi connectivity index (χ4v) is 5.51. The molecule has 3 fully saturated rings. The van der Waals surface area contributed by atoms with Gasteiger partial charge in [0.15, 0.2) is 0 Å². The minimum Gasteiger partial charge on any atom is -0.299 e. The zero-order valence-corrected chi connectivity index (χ0v) is 14.9. The van der Waals surface area contributed by atoms with Gasteiger partial charge in [0.25, 0.3) is 0 Å². The topological polar surface area (TPSA) is 17.1 Å². The molecule has 0 atom stereocenters. The zero-order valence-electron chi connectivity index (χ0n) is 14.9. The summed E-state index contributed by atoms with van der Waals surface area (Å²) in [5.74, 6) is 5.26. The van der Waals surface area contributed by atoms with E-state index in [1.807, 2.05) is 0 Å². The second-order valence-corrected chi connectivity index (χ2v) is 8.99. The number of Topliss-reactive ketones (excluding diaryl/α,β-unsaturated/α-hetero) is 1. The van der Waals surface area contributed by atoms with Gasteiger partial charge in [-0.1, -0.05) is 39.5 Å². The first-order chi connectivity index (χ1) is 10.6.